The van der Waals surface area contributed by atoms with E-state index in [-0.39, 0.29) is 22.0 Å². The zero-order valence-electron chi connectivity index (χ0n) is 11.4. The number of halogens is 4. The van der Waals surface area contributed by atoms with Crippen LogP contribution in [0.3, 0.4) is 0 Å². The predicted molar refractivity (Wildman–Crippen MR) is 79.0 cm³/mol. The van der Waals surface area contributed by atoms with Crippen molar-refractivity contribution in [2.75, 3.05) is 12.4 Å². The second-order valence-electron chi connectivity index (χ2n) is 4.51. The predicted octanol–water partition coefficient (Wildman–Crippen LogP) is 5.05. The van der Waals surface area contributed by atoms with Gasteiger partial charge in [-0.25, -0.2) is 13.2 Å². The van der Waals surface area contributed by atoms with Gasteiger partial charge < -0.3 is 10.1 Å². The largest absolute Gasteiger partial charge is 0.494 e. The summed E-state index contributed by atoms with van der Waals surface area (Å²) in [6, 6.07) is 6.22. The Kier molecular flexibility index (Phi) is 4.77. The van der Waals surface area contributed by atoms with E-state index in [1.807, 2.05) is 0 Å². The van der Waals surface area contributed by atoms with E-state index in [2.05, 4.69) is 21.2 Å². The maximum atomic E-state index is 13.7. The summed E-state index contributed by atoms with van der Waals surface area (Å²) >= 11 is 3.00. The van der Waals surface area contributed by atoms with Gasteiger partial charge in [-0.15, -0.1) is 0 Å². The van der Waals surface area contributed by atoms with Gasteiger partial charge in [-0.2, -0.15) is 0 Å². The Morgan fingerprint density at radius 2 is 1.76 bits per heavy atom. The quantitative estimate of drug-likeness (QED) is 0.771. The molecule has 1 unspecified atom stereocenters. The summed E-state index contributed by atoms with van der Waals surface area (Å²) in [6.45, 7) is 1.75. The number of ether oxygens (including phenoxy) is 1. The summed E-state index contributed by atoms with van der Waals surface area (Å²) < 4.78 is 45.5. The minimum atomic E-state index is -0.712. The molecule has 2 nitrogen and oxygen atoms in total. The molecule has 1 atom stereocenters. The van der Waals surface area contributed by atoms with E-state index in [1.165, 1.54) is 25.3 Å². The highest BCUT2D eigenvalue weighted by atomic mass is 79.9. The van der Waals surface area contributed by atoms with Crippen molar-refractivity contribution in [1.82, 2.24) is 0 Å². The summed E-state index contributed by atoms with van der Waals surface area (Å²) in [6.07, 6.45) is 0. The summed E-state index contributed by atoms with van der Waals surface area (Å²) in [5.74, 6) is -1.75. The van der Waals surface area contributed by atoms with Crippen LogP contribution in [0.15, 0.2) is 34.8 Å². The molecule has 0 spiro atoms. The molecule has 0 aromatic heterocycles. The topological polar surface area (TPSA) is 21.3 Å². The van der Waals surface area contributed by atoms with Gasteiger partial charge in [0.2, 0.25) is 0 Å². The van der Waals surface area contributed by atoms with Gasteiger partial charge in [0.05, 0.1) is 17.3 Å². The molecular weight excluding hydrogens is 347 g/mol. The lowest BCUT2D eigenvalue weighted by Gasteiger charge is -2.17. The van der Waals surface area contributed by atoms with Crippen molar-refractivity contribution in [3.63, 3.8) is 0 Å². The first kappa shape index (κ1) is 15.7. The molecule has 0 fully saturated rings. The van der Waals surface area contributed by atoms with E-state index in [9.17, 15) is 13.2 Å². The van der Waals surface area contributed by atoms with Crippen LogP contribution < -0.4 is 10.1 Å². The van der Waals surface area contributed by atoms with Crippen LogP contribution in [0.2, 0.25) is 0 Å². The third-order valence-electron chi connectivity index (χ3n) is 3.06. The van der Waals surface area contributed by atoms with Crippen molar-refractivity contribution < 1.29 is 17.9 Å². The number of anilines is 1. The van der Waals surface area contributed by atoms with Crippen LogP contribution in [-0.4, -0.2) is 7.11 Å². The van der Waals surface area contributed by atoms with Gasteiger partial charge >= 0.3 is 0 Å². The molecule has 0 aliphatic rings. The summed E-state index contributed by atoms with van der Waals surface area (Å²) in [7, 11) is 1.38. The summed E-state index contributed by atoms with van der Waals surface area (Å²) in [4.78, 5) is 0. The maximum Gasteiger partial charge on any atom is 0.165 e. The number of hydrogen-bond acceptors (Lipinski definition) is 2. The van der Waals surface area contributed by atoms with Crippen LogP contribution in [0.4, 0.5) is 18.9 Å². The fourth-order valence-electron chi connectivity index (χ4n) is 1.90. The van der Waals surface area contributed by atoms with Gasteiger partial charge in [-0.05, 0) is 46.6 Å². The molecule has 0 amide bonds. The van der Waals surface area contributed by atoms with Crippen molar-refractivity contribution in [3.8, 4) is 5.75 Å². The third kappa shape index (κ3) is 3.50. The Bertz CT molecular complexity index is 664. The van der Waals surface area contributed by atoms with E-state index >= 15 is 0 Å². The average Bonchev–Trinajstić information content (AvgIpc) is 2.44. The highest BCUT2D eigenvalue weighted by Gasteiger charge is 2.13. The smallest absolute Gasteiger partial charge is 0.165 e. The normalized spacial score (nSPS) is 12.1. The van der Waals surface area contributed by atoms with Crippen LogP contribution in [0.1, 0.15) is 18.5 Å². The van der Waals surface area contributed by atoms with Crippen LogP contribution in [-0.2, 0) is 0 Å². The van der Waals surface area contributed by atoms with Crippen LogP contribution >= 0.6 is 15.9 Å². The van der Waals surface area contributed by atoms with Crippen molar-refractivity contribution in [1.29, 1.82) is 0 Å². The molecule has 21 heavy (non-hydrogen) atoms. The molecule has 2 aromatic carbocycles. The first-order valence-corrected chi connectivity index (χ1v) is 6.96. The molecule has 0 saturated carbocycles. The maximum absolute atomic E-state index is 13.7. The fraction of sp³-hybridized carbons (Fsp3) is 0.200. The minimum absolute atomic E-state index is 0.131. The first-order valence-electron chi connectivity index (χ1n) is 6.17. The van der Waals surface area contributed by atoms with Crippen LogP contribution in [0, 0.1) is 17.5 Å². The SMILES string of the molecule is COc1ccc(C(C)Nc2cc(Br)c(F)cc2F)cc1F. The van der Waals surface area contributed by atoms with Gasteiger partial charge in [0, 0.05) is 12.1 Å². The van der Waals surface area contributed by atoms with E-state index < -0.39 is 17.5 Å². The molecule has 0 bridgehead atoms. The second-order valence-corrected chi connectivity index (χ2v) is 5.36. The van der Waals surface area contributed by atoms with Gasteiger partial charge in [0.15, 0.2) is 11.6 Å². The molecule has 0 radical (unpaired) electrons. The van der Waals surface area contributed by atoms with E-state index in [1.54, 1.807) is 13.0 Å². The lowest BCUT2D eigenvalue weighted by Crippen LogP contribution is -2.09. The highest BCUT2D eigenvalue weighted by molar-refractivity contribution is 9.10. The Hall–Kier alpha value is -1.69. The van der Waals surface area contributed by atoms with E-state index in [4.69, 9.17) is 4.74 Å². The van der Waals surface area contributed by atoms with Crippen LogP contribution in [0.5, 0.6) is 5.75 Å². The Balaban J connectivity index is 2.23. The summed E-state index contributed by atoms with van der Waals surface area (Å²) in [5.41, 5.74) is 0.750. The number of nitrogens with one attached hydrogen (secondary N) is 1. The molecule has 0 heterocycles. The zero-order chi connectivity index (χ0) is 15.6. The monoisotopic (exact) mass is 359 g/mol. The number of benzene rings is 2. The van der Waals surface area contributed by atoms with Crippen molar-refractivity contribution >= 4 is 21.6 Å². The number of rotatable bonds is 4. The highest BCUT2D eigenvalue weighted by Crippen LogP contribution is 2.28. The molecule has 6 heteroatoms. The minimum Gasteiger partial charge on any atom is -0.494 e. The standard InChI is InChI=1S/C15H13BrF3NO/c1-8(9-3-4-15(21-2)13(19)5-9)20-14-6-10(16)11(17)7-12(14)18/h3-8,20H,1-2H3. The number of methoxy groups -OCH3 is 1. The molecular formula is C15H13BrF3NO. The third-order valence-corrected chi connectivity index (χ3v) is 3.67. The Morgan fingerprint density at radius 3 is 2.38 bits per heavy atom. The lowest BCUT2D eigenvalue weighted by atomic mass is 10.1. The lowest BCUT2D eigenvalue weighted by molar-refractivity contribution is 0.386. The number of hydrogen-bond donors (Lipinski definition) is 1. The van der Waals surface area contributed by atoms with E-state index in [0.29, 0.717) is 5.56 Å². The molecule has 2 rings (SSSR count). The van der Waals surface area contributed by atoms with E-state index in [0.717, 1.165) is 6.07 Å². The van der Waals surface area contributed by atoms with Crippen molar-refractivity contribution in [3.05, 3.63) is 57.8 Å². The van der Waals surface area contributed by atoms with Gasteiger partial charge in [-0.1, -0.05) is 6.07 Å². The molecule has 1 N–H and O–H groups in total. The van der Waals surface area contributed by atoms with Crippen molar-refractivity contribution in [2.24, 2.45) is 0 Å². The second kappa shape index (κ2) is 6.39. The van der Waals surface area contributed by atoms with Gasteiger partial charge in [0.1, 0.15) is 11.6 Å². The fourth-order valence-corrected chi connectivity index (χ4v) is 2.25. The Labute approximate surface area is 129 Å². The first-order chi connectivity index (χ1) is 9.92. The van der Waals surface area contributed by atoms with Gasteiger partial charge in [-0.3, -0.25) is 0 Å². The average molecular weight is 360 g/mol. The Morgan fingerprint density at radius 1 is 1.05 bits per heavy atom. The van der Waals surface area contributed by atoms with Gasteiger partial charge in [0.25, 0.3) is 0 Å². The zero-order valence-corrected chi connectivity index (χ0v) is 13.0. The molecule has 112 valence electrons. The molecule has 2 aromatic rings. The molecule has 0 aliphatic carbocycles. The van der Waals surface area contributed by atoms with Crippen LogP contribution in [0.25, 0.3) is 0 Å². The molecule has 0 saturated heterocycles. The summed E-state index contributed by atoms with van der Waals surface area (Å²) in [5, 5.41) is 2.88. The van der Waals surface area contributed by atoms with Crippen molar-refractivity contribution in [2.45, 2.75) is 13.0 Å². The molecule has 0 aliphatic heterocycles.